The summed E-state index contributed by atoms with van der Waals surface area (Å²) in [5.41, 5.74) is 1.08. The predicted molar refractivity (Wildman–Crippen MR) is 69.8 cm³/mol. The number of methoxy groups -OCH3 is 2. The Balaban J connectivity index is 2.47. The van der Waals surface area contributed by atoms with Gasteiger partial charge < -0.3 is 13.9 Å². The van der Waals surface area contributed by atoms with Crippen molar-refractivity contribution in [2.75, 3.05) is 14.2 Å². The van der Waals surface area contributed by atoms with Crippen molar-refractivity contribution in [2.45, 2.75) is 13.8 Å². The summed E-state index contributed by atoms with van der Waals surface area (Å²) in [7, 11) is 3.13. The molecule has 0 amide bonds. The number of Topliss-reactive ketones (excluding diaryl/α,β-unsaturated/α-hetero) is 1. The van der Waals surface area contributed by atoms with Gasteiger partial charge in [0.2, 0.25) is 5.89 Å². The number of hydrogen-bond acceptors (Lipinski definition) is 5. The van der Waals surface area contributed by atoms with Gasteiger partial charge in [-0.2, -0.15) is 0 Å². The molecule has 5 nitrogen and oxygen atoms in total. The van der Waals surface area contributed by atoms with Crippen LogP contribution in [0.4, 0.5) is 0 Å². The van der Waals surface area contributed by atoms with Gasteiger partial charge in [-0.15, -0.1) is 0 Å². The molecule has 0 saturated heterocycles. The average molecular weight is 261 g/mol. The number of hydrogen-bond donors (Lipinski definition) is 0. The van der Waals surface area contributed by atoms with Gasteiger partial charge >= 0.3 is 0 Å². The van der Waals surface area contributed by atoms with Crippen LogP contribution in [0.25, 0.3) is 11.5 Å². The van der Waals surface area contributed by atoms with Gasteiger partial charge in [0.05, 0.1) is 14.2 Å². The third kappa shape index (κ3) is 2.45. The van der Waals surface area contributed by atoms with Gasteiger partial charge in [0, 0.05) is 12.5 Å². The highest BCUT2D eigenvalue weighted by atomic mass is 16.5. The molecule has 5 heteroatoms. The van der Waals surface area contributed by atoms with Gasteiger partial charge in [-0.1, -0.05) is 0 Å². The summed E-state index contributed by atoms with van der Waals surface area (Å²) in [5, 5.41) is 0. The molecule has 0 saturated carbocycles. The van der Waals surface area contributed by atoms with Gasteiger partial charge in [-0.25, -0.2) is 4.98 Å². The summed E-state index contributed by atoms with van der Waals surface area (Å²) < 4.78 is 15.9. The van der Waals surface area contributed by atoms with Crippen molar-refractivity contribution in [1.82, 2.24) is 4.98 Å². The van der Waals surface area contributed by atoms with E-state index < -0.39 is 0 Å². The van der Waals surface area contributed by atoms with E-state index in [1.54, 1.807) is 39.3 Å². The molecule has 2 rings (SSSR count). The minimum absolute atomic E-state index is 0.118. The first kappa shape index (κ1) is 13.1. The average Bonchev–Trinajstić information content (AvgIpc) is 2.80. The fraction of sp³-hybridized carbons (Fsp3) is 0.286. The molecule has 0 aliphatic carbocycles. The molecule has 0 fully saturated rings. The quantitative estimate of drug-likeness (QED) is 0.792. The number of oxazole rings is 1. The molecular weight excluding hydrogens is 246 g/mol. The summed E-state index contributed by atoms with van der Waals surface area (Å²) in [6.45, 7) is 3.18. The van der Waals surface area contributed by atoms with Gasteiger partial charge in [0.25, 0.3) is 0 Å². The Morgan fingerprint density at radius 2 is 1.89 bits per heavy atom. The normalized spacial score (nSPS) is 10.3. The Kier molecular flexibility index (Phi) is 3.55. The van der Waals surface area contributed by atoms with E-state index in [9.17, 15) is 4.79 Å². The summed E-state index contributed by atoms with van der Waals surface area (Å²) in [6, 6.07) is 5.33. The standard InChI is InChI=1S/C14H15NO4/c1-8(16)13-9(2)19-14(15-13)10-5-6-11(17-3)12(7-10)18-4/h5-7H,1-4H3. The van der Waals surface area contributed by atoms with Crippen LogP contribution in [0.2, 0.25) is 0 Å². The summed E-state index contributed by atoms with van der Waals surface area (Å²) in [6.07, 6.45) is 0. The van der Waals surface area contributed by atoms with E-state index in [-0.39, 0.29) is 5.78 Å². The summed E-state index contributed by atoms with van der Waals surface area (Å²) >= 11 is 0. The molecule has 0 aliphatic rings. The first-order valence-electron chi connectivity index (χ1n) is 5.77. The van der Waals surface area contributed by atoms with Crippen LogP contribution in [-0.2, 0) is 0 Å². The Bertz CT molecular complexity index is 616. The second kappa shape index (κ2) is 5.14. The Hall–Kier alpha value is -2.30. The molecule has 1 aromatic heterocycles. The summed E-state index contributed by atoms with van der Waals surface area (Å²) in [5.74, 6) is 2.00. The van der Waals surface area contributed by atoms with E-state index in [1.165, 1.54) is 6.92 Å². The largest absolute Gasteiger partial charge is 0.493 e. The van der Waals surface area contributed by atoms with Crippen molar-refractivity contribution in [3.8, 4) is 23.0 Å². The molecule has 0 radical (unpaired) electrons. The lowest BCUT2D eigenvalue weighted by molar-refractivity contribution is 0.101. The van der Waals surface area contributed by atoms with Crippen LogP contribution in [0.15, 0.2) is 22.6 Å². The Labute approximate surface area is 111 Å². The van der Waals surface area contributed by atoms with Crippen LogP contribution < -0.4 is 9.47 Å². The number of aryl methyl sites for hydroxylation is 1. The van der Waals surface area contributed by atoms with Crippen molar-refractivity contribution < 1.29 is 18.7 Å². The number of aromatic nitrogens is 1. The molecule has 0 aliphatic heterocycles. The van der Waals surface area contributed by atoms with Gasteiger partial charge in [0.1, 0.15) is 11.5 Å². The second-order valence-electron chi connectivity index (χ2n) is 4.05. The number of ketones is 1. The van der Waals surface area contributed by atoms with E-state index in [2.05, 4.69) is 4.98 Å². The SMILES string of the molecule is COc1ccc(-c2nc(C(C)=O)c(C)o2)cc1OC. The van der Waals surface area contributed by atoms with E-state index in [0.29, 0.717) is 28.8 Å². The van der Waals surface area contributed by atoms with Crippen LogP contribution in [-0.4, -0.2) is 25.0 Å². The lowest BCUT2D eigenvalue weighted by Crippen LogP contribution is -1.94. The molecule has 100 valence electrons. The molecule has 2 aromatic rings. The molecule has 0 atom stereocenters. The maximum atomic E-state index is 11.4. The van der Waals surface area contributed by atoms with Crippen molar-refractivity contribution in [2.24, 2.45) is 0 Å². The zero-order chi connectivity index (χ0) is 14.0. The zero-order valence-corrected chi connectivity index (χ0v) is 11.3. The Morgan fingerprint density at radius 3 is 2.42 bits per heavy atom. The van der Waals surface area contributed by atoms with Gasteiger partial charge in [-0.3, -0.25) is 4.79 Å². The molecule has 0 N–H and O–H groups in total. The van der Waals surface area contributed by atoms with Crippen LogP contribution in [0, 0.1) is 6.92 Å². The molecule has 1 heterocycles. The number of carbonyl (C=O) groups excluding carboxylic acids is 1. The topological polar surface area (TPSA) is 61.6 Å². The van der Waals surface area contributed by atoms with Crippen LogP contribution >= 0.6 is 0 Å². The number of ether oxygens (including phenoxy) is 2. The third-order valence-corrected chi connectivity index (χ3v) is 2.76. The maximum absolute atomic E-state index is 11.4. The van der Waals surface area contributed by atoms with E-state index in [4.69, 9.17) is 13.9 Å². The highest BCUT2D eigenvalue weighted by Gasteiger charge is 2.16. The fourth-order valence-electron chi connectivity index (χ4n) is 1.82. The first-order chi connectivity index (χ1) is 9.06. The fourth-order valence-corrected chi connectivity index (χ4v) is 1.82. The van der Waals surface area contributed by atoms with Crippen molar-refractivity contribution in [3.05, 3.63) is 29.7 Å². The second-order valence-corrected chi connectivity index (χ2v) is 4.05. The highest BCUT2D eigenvalue weighted by Crippen LogP contribution is 2.32. The third-order valence-electron chi connectivity index (χ3n) is 2.76. The van der Waals surface area contributed by atoms with Crippen LogP contribution in [0.5, 0.6) is 11.5 Å². The number of benzene rings is 1. The Morgan fingerprint density at radius 1 is 1.21 bits per heavy atom. The molecule has 0 bridgehead atoms. The minimum atomic E-state index is -0.118. The predicted octanol–water partition coefficient (Wildman–Crippen LogP) is 2.87. The van der Waals surface area contributed by atoms with Crippen molar-refractivity contribution in [1.29, 1.82) is 0 Å². The number of rotatable bonds is 4. The monoisotopic (exact) mass is 261 g/mol. The number of carbonyl (C=O) groups is 1. The van der Waals surface area contributed by atoms with Crippen LogP contribution in [0.1, 0.15) is 23.2 Å². The lowest BCUT2D eigenvalue weighted by Gasteiger charge is -2.07. The first-order valence-corrected chi connectivity index (χ1v) is 5.77. The molecule has 1 aromatic carbocycles. The number of nitrogens with zero attached hydrogens (tertiary/aromatic N) is 1. The van der Waals surface area contributed by atoms with E-state index in [1.807, 2.05) is 0 Å². The summed E-state index contributed by atoms with van der Waals surface area (Å²) in [4.78, 5) is 15.6. The lowest BCUT2D eigenvalue weighted by atomic mass is 10.2. The minimum Gasteiger partial charge on any atom is -0.493 e. The zero-order valence-electron chi connectivity index (χ0n) is 11.3. The van der Waals surface area contributed by atoms with E-state index in [0.717, 1.165) is 5.56 Å². The molecule has 0 unspecified atom stereocenters. The smallest absolute Gasteiger partial charge is 0.227 e. The van der Waals surface area contributed by atoms with Crippen molar-refractivity contribution in [3.63, 3.8) is 0 Å². The van der Waals surface area contributed by atoms with E-state index >= 15 is 0 Å². The van der Waals surface area contributed by atoms with Gasteiger partial charge in [0.15, 0.2) is 17.3 Å². The highest BCUT2D eigenvalue weighted by molar-refractivity contribution is 5.93. The van der Waals surface area contributed by atoms with Crippen LogP contribution in [0.3, 0.4) is 0 Å². The molecule has 0 spiro atoms. The molecule has 19 heavy (non-hydrogen) atoms. The van der Waals surface area contributed by atoms with Crippen molar-refractivity contribution >= 4 is 5.78 Å². The maximum Gasteiger partial charge on any atom is 0.227 e. The van der Waals surface area contributed by atoms with Gasteiger partial charge in [-0.05, 0) is 25.1 Å². The molecular formula is C14H15NO4.